The third-order valence-electron chi connectivity index (χ3n) is 21.7. The predicted octanol–water partition coefficient (Wildman–Crippen LogP) is 33.0. The first-order chi connectivity index (χ1) is 71.7. The van der Waals surface area contributed by atoms with E-state index in [0.717, 1.165) is 123 Å². The van der Waals surface area contributed by atoms with E-state index in [1.54, 1.807) is 42.7 Å². The maximum absolute atomic E-state index is 11.2. The molecule has 1 N–H and O–H groups in total. The SMILES string of the molecule is CC(C)CC(=O)C=C(O)CC(C)C.CC(C)c1cccc2c1oc1c(-c3ccccn3)[c-]ccc12.Cc1ccc(-c2[c-]cccc2)nc1.Cc1ccc(-c2[c-]cccc2)nc1.Cc1ccc(-c2ccnc(-c3[c-]cccc3)c2)cc1.[2H]C([2H])([2H])c1ccc(-c2[c-]ccc(-c3ccccc3)c2)nc1.[2H]C([2H])([2H])c1ccc(-c2[c-]cccc2)nc1.[Ir].[Ir].[Ir].[Ir].[Ir].[c-]1ccccc1-c1ccc(-c2ccccc2)cn1.[c-]1ccccc1-c1ccccn1. The number of aliphatic hydroxyl groups is 1. The summed E-state index contributed by atoms with van der Waals surface area (Å²) in [5, 5.41) is 11.6. The Bertz CT molecular complexity index is 7440. The van der Waals surface area contributed by atoms with Crippen molar-refractivity contribution in [3.63, 3.8) is 0 Å². The number of nitrogens with zero attached hydrogens (tertiary/aromatic N) is 8. The van der Waals surface area contributed by atoms with E-state index in [1.165, 1.54) is 57.4 Å². The van der Waals surface area contributed by atoms with Crippen molar-refractivity contribution in [2.75, 3.05) is 0 Å². The molecule has 0 atom stereocenters. The Labute approximate surface area is 943 Å². The van der Waals surface area contributed by atoms with Crippen molar-refractivity contribution in [3.8, 4) is 123 Å². The molecule has 0 bridgehead atoms. The Hall–Kier alpha value is -13.9. The van der Waals surface area contributed by atoms with Crippen LogP contribution < -0.4 is 0 Å². The maximum Gasteiger partial charge on any atom is 0.159 e. The van der Waals surface area contributed by atoms with Gasteiger partial charge < -0.3 is 49.4 Å². The number of para-hydroxylation sites is 1. The molecule has 0 fully saturated rings. The average Bonchev–Trinajstić information content (AvgIpc) is 1.60. The molecule has 21 aromatic rings. The molecule has 0 aliphatic rings. The minimum Gasteiger partial charge on any atom is -0.512 e. The fraction of sp³-hybridized carbons (Fsp3) is 0.122. The molecule has 0 saturated carbocycles. The number of aryl methyl sites for hydroxylation is 5. The summed E-state index contributed by atoms with van der Waals surface area (Å²) in [6.45, 7) is 14.3. The molecular weight excluding hydrogens is 2690 g/mol. The number of hydrogen-bond acceptors (Lipinski definition) is 11. The number of benzene rings is 12. The van der Waals surface area contributed by atoms with E-state index in [2.05, 4.69) is 194 Å². The number of allylic oxidation sites excluding steroid dienone is 2. The first kappa shape index (κ1) is 109. The van der Waals surface area contributed by atoms with Gasteiger partial charge in [0.25, 0.3) is 0 Å². The molecule has 9 aromatic heterocycles. The van der Waals surface area contributed by atoms with Crippen LogP contribution in [0.15, 0.2) is 454 Å². The summed E-state index contributed by atoms with van der Waals surface area (Å²) in [5.74, 6) is 1.40. The van der Waals surface area contributed by atoms with Crippen molar-refractivity contribution in [1.82, 2.24) is 39.9 Å². The summed E-state index contributed by atoms with van der Waals surface area (Å²) < 4.78 is 50.1. The van der Waals surface area contributed by atoms with Crippen molar-refractivity contribution < 1.29 is 123 Å². The number of aromatic nitrogens is 8. The van der Waals surface area contributed by atoms with Crippen molar-refractivity contribution >= 4 is 27.7 Å². The zero-order valence-electron chi connectivity index (χ0n) is 88.8. The standard InChI is InChI=1S/C20H16NO.2C18H14N.C17H12N.3C12H10N.C11H8N.C11H20O2.5Ir/c1-13(2)14-7-5-8-15-16-9-6-10-17(20(16)22-19(14)15)18-11-3-4-12-21-18;1-14-10-11-18(19-13-14)17-9-5-8-16(12-17)15-6-3-2-4-7-15;1-14-7-9-15(10-8-14)17-11-12-19-18(13-17)16-5-3-2-4-6-16;1-3-7-14(8-4-1)16-11-12-17(18-13-16)15-9-5-2-6-10-15;3*1-10-7-8-12(13-9-10)11-5-3-2-4-6-11;1-2-6-10(7-3-1)11-8-4-5-9-12-11;1-8(2)5-10(12)7-11(13)6-9(3)4;;;;;/h3-9,11-13H,1-2H3;2-8,10-13H,1H3;2-5,7-13H,1H3;1-9,11-13H;3*2-5,7-9H,1H3;1-6,8-9H;7-9,12H,5-6H2,1-4H3;;;;;/q8*-1;;;;;;/i;1D3;;;1D3;;;;;;;;;. The van der Waals surface area contributed by atoms with Crippen LogP contribution in [0.5, 0.6) is 0 Å². The van der Waals surface area contributed by atoms with Gasteiger partial charge in [0.2, 0.25) is 0 Å². The topological polar surface area (TPSA) is 154 Å². The molecule has 16 heteroatoms. The van der Waals surface area contributed by atoms with Gasteiger partial charge in [-0.2, -0.15) is 0 Å². The second kappa shape index (κ2) is 63.5. The van der Waals surface area contributed by atoms with Gasteiger partial charge in [0.1, 0.15) is 5.58 Å². The van der Waals surface area contributed by atoms with Crippen LogP contribution >= 0.6 is 0 Å². The summed E-state index contributed by atoms with van der Waals surface area (Å²) in [4.78, 5) is 45.8. The van der Waals surface area contributed by atoms with Gasteiger partial charge in [-0.05, 0) is 172 Å². The van der Waals surface area contributed by atoms with Crippen LogP contribution in [0, 0.1) is 94.8 Å². The largest absolute Gasteiger partial charge is 0.512 e. The van der Waals surface area contributed by atoms with Gasteiger partial charge >= 0.3 is 0 Å². The Morgan fingerprint density at radius 2 is 0.653 bits per heavy atom. The van der Waals surface area contributed by atoms with E-state index < -0.39 is 13.7 Å². The van der Waals surface area contributed by atoms with Crippen molar-refractivity contribution in [2.24, 2.45) is 11.8 Å². The summed E-state index contributed by atoms with van der Waals surface area (Å²) in [6.07, 6.45) is 16.4. The Morgan fingerprint density at radius 3 is 1.06 bits per heavy atom. The molecule has 0 saturated heterocycles. The summed E-state index contributed by atoms with van der Waals surface area (Å²) >= 11 is 0. The summed E-state index contributed by atoms with van der Waals surface area (Å²) in [6, 6.07) is 152. The number of ketones is 1. The summed E-state index contributed by atoms with van der Waals surface area (Å²) in [7, 11) is 0. The fourth-order valence-electron chi connectivity index (χ4n) is 14.5. The minimum absolute atomic E-state index is 0. The Morgan fingerprint density at radius 1 is 0.293 bits per heavy atom. The van der Waals surface area contributed by atoms with Crippen molar-refractivity contribution in [3.05, 3.63) is 532 Å². The van der Waals surface area contributed by atoms with E-state index in [-0.39, 0.29) is 123 Å². The first-order valence-corrected chi connectivity index (χ1v) is 47.1. The molecule has 0 spiro atoms. The molecule has 5 radical (unpaired) electrons. The third-order valence-corrected chi connectivity index (χ3v) is 21.7. The van der Waals surface area contributed by atoms with Crippen LogP contribution in [-0.2, 0) is 105 Å². The predicted molar refractivity (Wildman–Crippen MR) is 584 cm³/mol. The fourth-order valence-corrected chi connectivity index (χ4v) is 14.5. The number of carbonyl (C=O) groups is 1. The van der Waals surface area contributed by atoms with Crippen LogP contribution in [0.25, 0.3) is 145 Å². The first-order valence-electron chi connectivity index (χ1n) is 50.1. The summed E-state index contributed by atoms with van der Waals surface area (Å²) in [5.41, 5.74) is 29.1. The van der Waals surface area contributed by atoms with Crippen LogP contribution in [0.2, 0.25) is 0 Å². The number of aliphatic hydroxyl groups excluding tert-OH is 1. The third kappa shape index (κ3) is 38.1. The van der Waals surface area contributed by atoms with E-state index in [9.17, 15) is 9.90 Å². The molecule has 0 aliphatic carbocycles. The van der Waals surface area contributed by atoms with E-state index in [0.29, 0.717) is 36.3 Å². The molecule has 21 rings (SSSR count). The van der Waals surface area contributed by atoms with Crippen molar-refractivity contribution in [2.45, 2.75) is 94.8 Å². The number of fused-ring (bicyclic) bond motifs is 3. The molecule has 11 nitrogen and oxygen atoms in total. The molecule has 9 heterocycles. The molecule has 147 heavy (non-hydrogen) atoms. The molecule has 12 aromatic carbocycles. The zero-order chi connectivity index (χ0) is 104. The Balaban J connectivity index is 0.000000210. The van der Waals surface area contributed by atoms with E-state index in [1.807, 2.05) is 339 Å². The van der Waals surface area contributed by atoms with Gasteiger partial charge in [0.15, 0.2) is 5.78 Å². The van der Waals surface area contributed by atoms with Gasteiger partial charge in [0, 0.05) is 183 Å². The smallest absolute Gasteiger partial charge is 0.159 e. The van der Waals surface area contributed by atoms with Gasteiger partial charge in [-0.3, -0.25) is 4.79 Å². The second-order valence-electron chi connectivity index (χ2n) is 34.2. The number of pyridine rings is 8. The average molecular weight is 2820 g/mol. The quantitative estimate of drug-likeness (QED) is 0.0526. The molecule has 0 aliphatic heterocycles. The van der Waals surface area contributed by atoms with Gasteiger partial charge in [-0.25, -0.2) is 0 Å². The second-order valence-corrected chi connectivity index (χ2v) is 34.2. The van der Waals surface area contributed by atoms with Gasteiger partial charge in [0.05, 0.1) is 11.3 Å². The minimum atomic E-state index is -2.12. The number of furan rings is 1. The normalized spacial score (nSPS) is 11.0. The van der Waals surface area contributed by atoms with Crippen LogP contribution in [0.3, 0.4) is 0 Å². The molecule has 0 unspecified atom stereocenters. The van der Waals surface area contributed by atoms with E-state index >= 15 is 0 Å². The Kier molecular flexibility index (Phi) is 47.0. The molecule has 0 amide bonds. The number of rotatable bonds is 17. The van der Waals surface area contributed by atoms with Gasteiger partial charge in [-0.1, -0.05) is 252 Å². The van der Waals surface area contributed by atoms with Crippen LogP contribution in [-0.4, -0.2) is 50.8 Å². The molecule has 749 valence electrons. The zero-order valence-corrected chi connectivity index (χ0v) is 94.8. The number of hydrogen-bond donors (Lipinski definition) is 1. The van der Waals surface area contributed by atoms with Gasteiger partial charge in [-0.15, -0.1) is 269 Å². The van der Waals surface area contributed by atoms with Crippen LogP contribution in [0.4, 0.5) is 0 Å². The number of carbonyl (C=O) groups excluding carboxylic acids is 1. The monoisotopic (exact) mass is 2820 g/mol. The van der Waals surface area contributed by atoms with Crippen LogP contribution in [0.1, 0.15) is 102 Å². The van der Waals surface area contributed by atoms with E-state index in [4.69, 9.17) is 12.6 Å². The maximum atomic E-state index is 11.2. The van der Waals surface area contributed by atoms with Crippen molar-refractivity contribution in [1.29, 1.82) is 0 Å². The molecular formula is C131H114Ir5N8O3-8.